The van der Waals surface area contributed by atoms with E-state index in [1.54, 1.807) is 24.3 Å². The maximum Gasteiger partial charge on any atom is 0.303 e. The van der Waals surface area contributed by atoms with Crippen molar-refractivity contribution in [2.75, 3.05) is 6.61 Å². The first-order valence-corrected chi connectivity index (χ1v) is 7.99. The minimum atomic E-state index is -1.57. The van der Waals surface area contributed by atoms with Crippen LogP contribution in [0.5, 0.6) is 0 Å². The second-order valence-corrected chi connectivity index (χ2v) is 5.82. The summed E-state index contributed by atoms with van der Waals surface area (Å²) in [6, 6.07) is 7.70. The van der Waals surface area contributed by atoms with E-state index >= 15 is 0 Å². The van der Waals surface area contributed by atoms with E-state index in [4.69, 9.17) is 24.5 Å². The minimum Gasteiger partial charge on any atom is -0.459 e. The summed E-state index contributed by atoms with van der Waals surface area (Å²) in [6.45, 7) is 1.16. The summed E-state index contributed by atoms with van der Waals surface area (Å²) in [4.78, 5) is 29.4. The lowest BCUT2D eigenvalue weighted by molar-refractivity contribution is -0.784. The van der Waals surface area contributed by atoms with Crippen molar-refractivity contribution in [2.24, 2.45) is 5.11 Å². The van der Waals surface area contributed by atoms with Gasteiger partial charge in [0, 0.05) is 17.4 Å². The van der Waals surface area contributed by atoms with Crippen molar-refractivity contribution in [3.8, 4) is 0 Å². The van der Waals surface area contributed by atoms with Gasteiger partial charge in [0.2, 0.25) is 6.29 Å². The maximum absolute atomic E-state index is 11.6. The molecule has 0 aliphatic carbocycles. The number of esters is 1. The highest BCUT2D eigenvalue weighted by Gasteiger charge is 2.52. The third kappa shape index (κ3) is 4.26. The summed E-state index contributed by atoms with van der Waals surface area (Å²) in [5.74, 6) is -0.676. The Balaban J connectivity index is 1.89. The molecule has 12 heteroatoms. The Kier molecular flexibility index (Phi) is 5.72. The van der Waals surface area contributed by atoms with Gasteiger partial charge in [0.15, 0.2) is 6.29 Å². The lowest BCUT2D eigenvalue weighted by Gasteiger charge is -2.46. The van der Waals surface area contributed by atoms with Gasteiger partial charge in [0.1, 0.15) is 24.4 Å². The molecule has 3 rings (SSSR count). The van der Waals surface area contributed by atoms with Crippen molar-refractivity contribution in [3.63, 3.8) is 0 Å². The topological polar surface area (TPSA) is 155 Å². The Morgan fingerprint density at radius 1 is 1.37 bits per heavy atom. The number of carbonyl (C=O) groups excluding carboxylic acids is 1. The second kappa shape index (κ2) is 8.18. The second-order valence-electron chi connectivity index (χ2n) is 5.82. The summed E-state index contributed by atoms with van der Waals surface area (Å²) >= 11 is 0. The van der Waals surface area contributed by atoms with Gasteiger partial charge in [0.25, 0.3) is 5.09 Å². The molecule has 0 spiro atoms. The summed E-state index contributed by atoms with van der Waals surface area (Å²) in [7, 11) is 0. The molecule has 12 nitrogen and oxygen atoms in total. The van der Waals surface area contributed by atoms with Gasteiger partial charge in [0.05, 0.1) is 6.61 Å². The van der Waals surface area contributed by atoms with Crippen molar-refractivity contribution in [3.05, 3.63) is 56.5 Å². The first kappa shape index (κ1) is 18.9. The van der Waals surface area contributed by atoms with E-state index < -0.39 is 48.0 Å². The van der Waals surface area contributed by atoms with E-state index in [1.807, 2.05) is 6.07 Å². The van der Waals surface area contributed by atoms with Crippen LogP contribution in [0.2, 0.25) is 0 Å². The third-order valence-corrected chi connectivity index (χ3v) is 4.06. The van der Waals surface area contributed by atoms with Gasteiger partial charge in [-0.15, -0.1) is 10.1 Å². The van der Waals surface area contributed by atoms with Crippen LogP contribution in [-0.2, 0) is 28.6 Å². The number of nitrogens with zero attached hydrogens (tertiary/aromatic N) is 4. The zero-order valence-corrected chi connectivity index (χ0v) is 14.1. The van der Waals surface area contributed by atoms with Gasteiger partial charge >= 0.3 is 5.97 Å². The molecule has 1 aromatic rings. The number of rotatable bonds is 5. The molecule has 2 saturated heterocycles. The van der Waals surface area contributed by atoms with Gasteiger partial charge in [-0.2, -0.15) is 0 Å². The molecule has 2 aliphatic heterocycles. The fraction of sp³-hybridized carbons (Fsp3) is 0.533. The van der Waals surface area contributed by atoms with Gasteiger partial charge in [-0.25, -0.2) is 0 Å². The van der Waals surface area contributed by atoms with Gasteiger partial charge in [-0.05, 0) is 5.53 Å². The van der Waals surface area contributed by atoms with Crippen LogP contribution in [-0.4, -0.2) is 48.3 Å². The molecule has 0 aromatic heterocycles. The Morgan fingerprint density at radius 3 is 2.74 bits per heavy atom. The molecule has 0 saturated carbocycles. The van der Waals surface area contributed by atoms with Crippen LogP contribution >= 0.6 is 0 Å². The molecule has 27 heavy (non-hydrogen) atoms. The van der Waals surface area contributed by atoms with Crippen LogP contribution in [0.3, 0.4) is 0 Å². The Bertz CT molecular complexity index is 741. The standard InChI is InChI=1S/C15H16N4O8/c1-8(20)24-13-11(17-18-16)15(27-19(21)22)25-10-7-23-14(26-12(10)13)9-5-3-2-4-6-9/h2-6,10-15H,7H2,1H3/t10-,11-,12-,13-,14?,15-/m1/s1. The minimum absolute atomic E-state index is 0.00253. The van der Waals surface area contributed by atoms with Crippen molar-refractivity contribution in [1.82, 2.24) is 0 Å². The zero-order valence-electron chi connectivity index (χ0n) is 14.1. The van der Waals surface area contributed by atoms with Crippen LogP contribution in [0.15, 0.2) is 35.4 Å². The Labute approximate surface area is 152 Å². The summed E-state index contributed by atoms with van der Waals surface area (Å²) in [5, 5.41) is 13.1. The van der Waals surface area contributed by atoms with E-state index in [-0.39, 0.29) is 6.61 Å². The fourth-order valence-corrected chi connectivity index (χ4v) is 3.02. The predicted octanol–water partition coefficient (Wildman–Crippen LogP) is 1.64. The van der Waals surface area contributed by atoms with Crippen LogP contribution in [0, 0.1) is 10.1 Å². The summed E-state index contributed by atoms with van der Waals surface area (Å²) < 4.78 is 22.3. The molecule has 2 fully saturated rings. The molecule has 0 N–H and O–H groups in total. The lowest BCUT2D eigenvalue weighted by Crippen LogP contribution is -2.62. The van der Waals surface area contributed by atoms with Crippen molar-refractivity contribution in [1.29, 1.82) is 0 Å². The highest BCUT2D eigenvalue weighted by atomic mass is 17.0. The SMILES string of the molecule is CC(=O)O[C@@H]1[C@@H](N=[N+]=[N-])[C@@H](O[N+](=O)[O-])O[C@@H]2COC(c3ccccc3)O[C@@H]12. The largest absolute Gasteiger partial charge is 0.459 e. The van der Waals surface area contributed by atoms with E-state index in [0.717, 1.165) is 12.5 Å². The molecule has 2 aliphatic rings. The normalized spacial score (nSPS) is 32.5. The highest BCUT2D eigenvalue weighted by Crippen LogP contribution is 2.36. The molecule has 144 valence electrons. The van der Waals surface area contributed by atoms with Crippen LogP contribution in [0.1, 0.15) is 18.8 Å². The third-order valence-electron chi connectivity index (χ3n) is 4.06. The highest BCUT2D eigenvalue weighted by molar-refractivity contribution is 5.66. The number of fused-ring (bicyclic) bond motifs is 1. The lowest BCUT2D eigenvalue weighted by atomic mass is 9.96. The maximum atomic E-state index is 11.6. The van der Waals surface area contributed by atoms with E-state index in [0.29, 0.717) is 0 Å². The smallest absolute Gasteiger partial charge is 0.303 e. The van der Waals surface area contributed by atoms with E-state index in [9.17, 15) is 14.9 Å². The Hall–Kier alpha value is -2.92. The molecule has 1 unspecified atom stereocenters. The molecule has 0 amide bonds. The number of azide groups is 1. The number of hydrogen-bond donors (Lipinski definition) is 0. The van der Waals surface area contributed by atoms with Crippen LogP contribution in [0.25, 0.3) is 10.4 Å². The molecule has 2 heterocycles. The number of carbonyl (C=O) groups is 1. The molecular formula is C15H16N4O8. The summed E-state index contributed by atoms with van der Waals surface area (Å²) in [6.07, 6.45) is -5.20. The quantitative estimate of drug-likeness (QED) is 0.186. The molecule has 1 aromatic carbocycles. The van der Waals surface area contributed by atoms with Crippen molar-refractivity contribution in [2.45, 2.75) is 43.9 Å². The average molecular weight is 380 g/mol. The van der Waals surface area contributed by atoms with Gasteiger partial charge in [-0.3, -0.25) is 9.63 Å². The van der Waals surface area contributed by atoms with E-state index in [1.165, 1.54) is 0 Å². The average Bonchev–Trinajstić information content (AvgIpc) is 2.64. The van der Waals surface area contributed by atoms with Gasteiger partial charge in [-0.1, -0.05) is 35.4 Å². The summed E-state index contributed by atoms with van der Waals surface area (Å²) in [5.41, 5.74) is 9.54. The number of ether oxygens (including phenoxy) is 4. The van der Waals surface area contributed by atoms with Crippen molar-refractivity contribution < 1.29 is 33.7 Å². The molecule has 0 bridgehead atoms. The number of hydrogen-bond acceptors (Lipinski definition) is 9. The van der Waals surface area contributed by atoms with Crippen LogP contribution in [0.4, 0.5) is 0 Å². The van der Waals surface area contributed by atoms with E-state index in [2.05, 4.69) is 14.9 Å². The van der Waals surface area contributed by atoms with Crippen molar-refractivity contribution >= 4 is 5.97 Å². The molecule has 6 atom stereocenters. The molecule has 0 radical (unpaired) electrons. The first-order chi connectivity index (χ1) is 13.0. The van der Waals surface area contributed by atoms with Crippen LogP contribution < -0.4 is 0 Å². The first-order valence-electron chi connectivity index (χ1n) is 7.99. The van der Waals surface area contributed by atoms with Gasteiger partial charge < -0.3 is 18.9 Å². The zero-order chi connectivity index (χ0) is 19.4. The monoisotopic (exact) mass is 380 g/mol. The Morgan fingerprint density at radius 2 is 2.11 bits per heavy atom. The fourth-order valence-electron chi connectivity index (χ4n) is 3.02. The molecular weight excluding hydrogens is 364 g/mol. The predicted molar refractivity (Wildman–Crippen MR) is 85.2 cm³/mol. The number of benzene rings is 1.